The Morgan fingerprint density at radius 2 is 2.10 bits per heavy atom. The fourth-order valence-electron chi connectivity index (χ4n) is 1.62. The normalized spacial score (nSPS) is 10.6. The number of nitrogens with two attached hydrogens (primary N) is 1. The minimum atomic E-state index is -0.565. The highest BCUT2D eigenvalue weighted by Crippen LogP contribution is 2.29. The van der Waals surface area contributed by atoms with Crippen LogP contribution in [0.2, 0.25) is 0 Å². The molecule has 2 heterocycles. The molecule has 0 aliphatic rings. The molecule has 0 bridgehead atoms. The van der Waals surface area contributed by atoms with Crippen LogP contribution in [0.5, 0.6) is 5.75 Å². The molecule has 20 heavy (non-hydrogen) atoms. The molecule has 0 fully saturated rings. The molecular weight excluding hydrogens is 262 g/mol. The van der Waals surface area contributed by atoms with Gasteiger partial charge in [0.05, 0.1) is 17.2 Å². The van der Waals surface area contributed by atoms with E-state index in [9.17, 15) is 10.1 Å². The van der Waals surface area contributed by atoms with Gasteiger partial charge in [-0.05, 0) is 19.9 Å². The number of rotatable bonds is 4. The third-order valence-corrected chi connectivity index (χ3v) is 2.34. The molecule has 0 atom stereocenters. The summed E-state index contributed by atoms with van der Waals surface area (Å²) in [7, 11) is 0. The smallest absolute Gasteiger partial charge is 0.313 e. The Kier molecular flexibility index (Phi) is 3.74. The Morgan fingerprint density at radius 3 is 2.75 bits per heavy atom. The fourth-order valence-corrected chi connectivity index (χ4v) is 1.62. The highest BCUT2D eigenvalue weighted by Gasteiger charge is 2.19. The van der Waals surface area contributed by atoms with Gasteiger partial charge in [-0.3, -0.25) is 15.1 Å². The number of pyridine rings is 1. The minimum absolute atomic E-state index is 0.0301. The van der Waals surface area contributed by atoms with Gasteiger partial charge in [-0.25, -0.2) is 9.97 Å². The van der Waals surface area contributed by atoms with Crippen LogP contribution in [0.3, 0.4) is 0 Å². The third-order valence-electron chi connectivity index (χ3n) is 2.34. The summed E-state index contributed by atoms with van der Waals surface area (Å²) in [5.74, 6) is 0.463. The van der Waals surface area contributed by atoms with Crippen molar-refractivity contribution in [2.75, 3.05) is 5.73 Å². The SMILES string of the molecule is CC(C)Oc1cncc(-c2nc(N)ncc2[N+](=O)[O-])c1. The van der Waals surface area contributed by atoms with Crippen molar-refractivity contribution in [2.45, 2.75) is 20.0 Å². The maximum Gasteiger partial charge on any atom is 0.313 e. The van der Waals surface area contributed by atoms with Crippen molar-refractivity contribution >= 4 is 11.6 Å². The summed E-state index contributed by atoms with van der Waals surface area (Å²) in [6, 6.07) is 1.63. The lowest BCUT2D eigenvalue weighted by Gasteiger charge is -2.10. The van der Waals surface area contributed by atoms with Crippen molar-refractivity contribution in [3.63, 3.8) is 0 Å². The summed E-state index contributed by atoms with van der Waals surface area (Å²) in [4.78, 5) is 22.0. The molecule has 104 valence electrons. The van der Waals surface area contributed by atoms with Gasteiger partial charge in [-0.1, -0.05) is 0 Å². The molecule has 0 unspecified atom stereocenters. The van der Waals surface area contributed by atoms with Crippen LogP contribution in [-0.4, -0.2) is 26.0 Å². The molecule has 0 saturated carbocycles. The molecule has 2 aromatic rings. The maximum atomic E-state index is 11.0. The van der Waals surface area contributed by atoms with E-state index in [1.165, 1.54) is 12.4 Å². The van der Waals surface area contributed by atoms with E-state index in [-0.39, 0.29) is 23.4 Å². The number of hydrogen-bond acceptors (Lipinski definition) is 7. The Labute approximate surface area is 114 Å². The highest BCUT2D eigenvalue weighted by atomic mass is 16.6. The van der Waals surface area contributed by atoms with E-state index >= 15 is 0 Å². The molecule has 2 aromatic heterocycles. The Balaban J connectivity index is 2.50. The highest BCUT2D eigenvalue weighted by molar-refractivity contribution is 5.70. The molecule has 0 spiro atoms. The van der Waals surface area contributed by atoms with Gasteiger partial charge >= 0.3 is 5.69 Å². The predicted molar refractivity (Wildman–Crippen MR) is 72.1 cm³/mol. The summed E-state index contributed by atoms with van der Waals surface area (Å²) in [5, 5.41) is 11.0. The van der Waals surface area contributed by atoms with Crippen LogP contribution in [0.15, 0.2) is 24.7 Å². The number of aromatic nitrogens is 3. The van der Waals surface area contributed by atoms with E-state index in [0.29, 0.717) is 11.3 Å². The second-order valence-electron chi connectivity index (χ2n) is 4.30. The summed E-state index contributed by atoms with van der Waals surface area (Å²) < 4.78 is 5.50. The first kappa shape index (κ1) is 13.7. The molecule has 2 N–H and O–H groups in total. The average Bonchev–Trinajstić information content (AvgIpc) is 2.37. The number of anilines is 1. The maximum absolute atomic E-state index is 11.0. The molecule has 0 aliphatic carbocycles. The summed E-state index contributed by atoms with van der Waals surface area (Å²) >= 11 is 0. The van der Waals surface area contributed by atoms with E-state index in [4.69, 9.17) is 10.5 Å². The number of hydrogen-bond donors (Lipinski definition) is 1. The van der Waals surface area contributed by atoms with Gasteiger partial charge in [0.25, 0.3) is 0 Å². The summed E-state index contributed by atoms with van der Waals surface area (Å²) in [6.07, 6.45) is 4.03. The van der Waals surface area contributed by atoms with E-state index in [2.05, 4.69) is 15.0 Å². The standard InChI is InChI=1S/C12H13N5O3/c1-7(2)20-9-3-8(4-14-5-9)11-10(17(18)19)6-15-12(13)16-11/h3-7H,1-2H3,(H2,13,15,16). The zero-order valence-electron chi connectivity index (χ0n) is 11.0. The van der Waals surface area contributed by atoms with Gasteiger partial charge in [0.1, 0.15) is 11.9 Å². The van der Waals surface area contributed by atoms with Crippen LogP contribution in [0.4, 0.5) is 11.6 Å². The van der Waals surface area contributed by atoms with Crippen molar-refractivity contribution in [1.82, 2.24) is 15.0 Å². The van der Waals surface area contributed by atoms with Gasteiger partial charge in [0.2, 0.25) is 5.95 Å². The van der Waals surface area contributed by atoms with E-state index in [1.807, 2.05) is 13.8 Å². The zero-order valence-corrected chi connectivity index (χ0v) is 11.0. The topological polar surface area (TPSA) is 117 Å². The number of ether oxygens (including phenoxy) is 1. The number of nitro groups is 1. The Bertz CT molecular complexity index is 645. The minimum Gasteiger partial charge on any atom is -0.489 e. The second kappa shape index (κ2) is 5.47. The number of nitrogen functional groups attached to an aromatic ring is 1. The van der Waals surface area contributed by atoms with Crippen molar-refractivity contribution in [2.24, 2.45) is 0 Å². The van der Waals surface area contributed by atoms with Crippen molar-refractivity contribution in [3.8, 4) is 17.0 Å². The van der Waals surface area contributed by atoms with Crippen LogP contribution < -0.4 is 10.5 Å². The van der Waals surface area contributed by atoms with Gasteiger partial charge in [-0.15, -0.1) is 0 Å². The van der Waals surface area contributed by atoms with Crippen LogP contribution in [0, 0.1) is 10.1 Å². The fraction of sp³-hybridized carbons (Fsp3) is 0.250. The quantitative estimate of drug-likeness (QED) is 0.667. The predicted octanol–water partition coefficient (Wildman–Crippen LogP) is 1.82. The first-order chi connectivity index (χ1) is 9.47. The summed E-state index contributed by atoms with van der Waals surface area (Å²) in [6.45, 7) is 3.75. The summed E-state index contributed by atoms with van der Waals surface area (Å²) in [5.41, 5.74) is 5.82. The van der Waals surface area contributed by atoms with E-state index in [1.54, 1.807) is 6.07 Å². The average molecular weight is 275 g/mol. The lowest BCUT2D eigenvalue weighted by Crippen LogP contribution is -2.06. The first-order valence-corrected chi connectivity index (χ1v) is 5.86. The molecule has 0 aromatic carbocycles. The zero-order chi connectivity index (χ0) is 14.7. The third kappa shape index (κ3) is 2.97. The van der Waals surface area contributed by atoms with Gasteiger partial charge in [0, 0.05) is 11.8 Å². The van der Waals surface area contributed by atoms with Crippen LogP contribution in [0.1, 0.15) is 13.8 Å². The molecule has 8 heteroatoms. The molecule has 0 amide bonds. The van der Waals surface area contributed by atoms with Crippen molar-refractivity contribution in [1.29, 1.82) is 0 Å². The Morgan fingerprint density at radius 1 is 1.35 bits per heavy atom. The first-order valence-electron chi connectivity index (χ1n) is 5.86. The van der Waals surface area contributed by atoms with Gasteiger partial charge in [-0.2, -0.15) is 0 Å². The largest absolute Gasteiger partial charge is 0.489 e. The van der Waals surface area contributed by atoms with E-state index in [0.717, 1.165) is 6.20 Å². The Hall–Kier alpha value is -2.77. The number of nitrogens with zero attached hydrogens (tertiary/aromatic N) is 4. The molecule has 8 nitrogen and oxygen atoms in total. The lowest BCUT2D eigenvalue weighted by molar-refractivity contribution is -0.384. The second-order valence-corrected chi connectivity index (χ2v) is 4.30. The molecule has 0 radical (unpaired) electrons. The van der Waals surface area contributed by atoms with Crippen LogP contribution >= 0.6 is 0 Å². The molecule has 0 aliphatic heterocycles. The van der Waals surface area contributed by atoms with Gasteiger partial charge in [0.15, 0.2) is 5.69 Å². The monoisotopic (exact) mass is 275 g/mol. The molecular formula is C12H13N5O3. The molecule has 0 saturated heterocycles. The van der Waals surface area contributed by atoms with Crippen molar-refractivity contribution < 1.29 is 9.66 Å². The van der Waals surface area contributed by atoms with E-state index < -0.39 is 4.92 Å². The van der Waals surface area contributed by atoms with Crippen LogP contribution in [0.25, 0.3) is 11.3 Å². The van der Waals surface area contributed by atoms with Crippen LogP contribution in [-0.2, 0) is 0 Å². The molecule has 2 rings (SSSR count). The lowest BCUT2D eigenvalue weighted by atomic mass is 10.2. The van der Waals surface area contributed by atoms with Gasteiger partial charge < -0.3 is 10.5 Å². The van der Waals surface area contributed by atoms with Crippen molar-refractivity contribution in [3.05, 3.63) is 34.8 Å².